The second kappa shape index (κ2) is 5.19. The van der Waals surface area contributed by atoms with E-state index in [2.05, 4.69) is 0 Å². The molecule has 0 aromatic heterocycles. The van der Waals surface area contributed by atoms with Gasteiger partial charge in [0.2, 0.25) is 0 Å². The monoisotopic (exact) mass is 283 g/mol. The number of aliphatic carboxylic acids is 1. The van der Waals surface area contributed by atoms with Crippen molar-refractivity contribution in [1.29, 1.82) is 0 Å². The first-order chi connectivity index (χ1) is 9.40. The number of hydrogen-bond acceptors (Lipinski definition) is 2. The molecule has 0 saturated carbocycles. The predicted molar refractivity (Wildman–Crippen MR) is 67.3 cm³/mol. The van der Waals surface area contributed by atoms with Crippen LogP contribution in [0.2, 0.25) is 0 Å². The van der Waals surface area contributed by atoms with Crippen LogP contribution in [0.15, 0.2) is 18.2 Å². The average Bonchev–Trinajstić information content (AvgIpc) is 2.81. The molecule has 1 N–H and O–H groups in total. The summed E-state index contributed by atoms with van der Waals surface area (Å²) < 4.78 is 26.4. The molecule has 1 heterocycles. The molecule has 4 nitrogen and oxygen atoms in total. The maximum atomic E-state index is 13.2. The number of nitrogens with zero attached hydrogens (tertiary/aromatic N) is 1. The molecule has 0 bridgehead atoms. The van der Waals surface area contributed by atoms with E-state index in [0.717, 1.165) is 12.1 Å². The molecular formula is C14H15F2NO3. The van der Waals surface area contributed by atoms with Gasteiger partial charge in [-0.05, 0) is 31.4 Å². The number of carboxylic acids is 1. The standard InChI is InChI=1S/C14H15F2NO3/c1-2-14(13(19)20)4-3-5-17(14)12(18)9-6-10(15)8-11(16)7-9/h6-8H,2-5H2,1H3,(H,19,20). The molecule has 1 aliphatic heterocycles. The fourth-order valence-electron chi connectivity index (χ4n) is 2.75. The molecule has 1 fully saturated rings. The summed E-state index contributed by atoms with van der Waals surface area (Å²) in [5.74, 6) is -3.44. The van der Waals surface area contributed by atoms with Gasteiger partial charge in [-0.15, -0.1) is 0 Å². The summed E-state index contributed by atoms with van der Waals surface area (Å²) in [6, 6.07) is 2.52. The van der Waals surface area contributed by atoms with Gasteiger partial charge in [0.25, 0.3) is 5.91 Å². The third kappa shape index (κ3) is 2.26. The zero-order valence-electron chi connectivity index (χ0n) is 11.0. The SMILES string of the molecule is CCC1(C(=O)O)CCCN1C(=O)c1cc(F)cc(F)c1. The van der Waals surface area contributed by atoms with Crippen LogP contribution in [-0.4, -0.2) is 34.0 Å². The molecule has 0 spiro atoms. The molecule has 1 unspecified atom stereocenters. The Bertz CT molecular complexity index is 541. The first-order valence-electron chi connectivity index (χ1n) is 6.42. The highest BCUT2D eigenvalue weighted by atomic mass is 19.1. The maximum Gasteiger partial charge on any atom is 0.329 e. The van der Waals surface area contributed by atoms with E-state index in [1.165, 1.54) is 4.90 Å². The van der Waals surface area contributed by atoms with E-state index in [1.807, 2.05) is 0 Å². The highest BCUT2D eigenvalue weighted by Crippen LogP contribution is 2.34. The molecule has 0 aliphatic carbocycles. The summed E-state index contributed by atoms with van der Waals surface area (Å²) in [5.41, 5.74) is -1.44. The third-order valence-corrected chi connectivity index (χ3v) is 3.83. The Hall–Kier alpha value is -1.98. The largest absolute Gasteiger partial charge is 0.479 e. The van der Waals surface area contributed by atoms with Gasteiger partial charge in [0.1, 0.15) is 17.2 Å². The lowest BCUT2D eigenvalue weighted by Crippen LogP contribution is -2.52. The van der Waals surface area contributed by atoms with Gasteiger partial charge in [-0.3, -0.25) is 4.79 Å². The summed E-state index contributed by atoms with van der Waals surface area (Å²) in [6.45, 7) is 1.96. The lowest BCUT2D eigenvalue weighted by Gasteiger charge is -2.34. The van der Waals surface area contributed by atoms with Crippen LogP contribution in [0.5, 0.6) is 0 Å². The summed E-state index contributed by atoms with van der Waals surface area (Å²) in [5, 5.41) is 9.40. The van der Waals surface area contributed by atoms with Gasteiger partial charge in [-0.2, -0.15) is 0 Å². The van der Waals surface area contributed by atoms with Crippen molar-refractivity contribution in [3.8, 4) is 0 Å². The second-order valence-corrected chi connectivity index (χ2v) is 4.91. The van der Waals surface area contributed by atoms with Crippen LogP contribution in [0.1, 0.15) is 36.5 Å². The van der Waals surface area contributed by atoms with Crippen molar-refractivity contribution in [1.82, 2.24) is 4.90 Å². The van der Waals surface area contributed by atoms with Crippen molar-refractivity contribution in [2.24, 2.45) is 0 Å². The van der Waals surface area contributed by atoms with Crippen molar-refractivity contribution < 1.29 is 23.5 Å². The molecule has 108 valence electrons. The van der Waals surface area contributed by atoms with Crippen LogP contribution in [0.25, 0.3) is 0 Å². The number of halogens is 2. The van der Waals surface area contributed by atoms with E-state index in [-0.39, 0.29) is 18.5 Å². The van der Waals surface area contributed by atoms with Gasteiger partial charge < -0.3 is 10.0 Å². The van der Waals surface area contributed by atoms with E-state index in [0.29, 0.717) is 18.9 Å². The molecular weight excluding hydrogens is 268 g/mol. The van der Waals surface area contributed by atoms with Crippen molar-refractivity contribution >= 4 is 11.9 Å². The quantitative estimate of drug-likeness (QED) is 0.927. The number of benzene rings is 1. The lowest BCUT2D eigenvalue weighted by molar-refractivity contribution is -0.148. The van der Waals surface area contributed by atoms with Crippen LogP contribution in [-0.2, 0) is 4.79 Å². The lowest BCUT2D eigenvalue weighted by atomic mass is 9.92. The van der Waals surface area contributed by atoms with Gasteiger partial charge in [0.05, 0.1) is 0 Å². The van der Waals surface area contributed by atoms with Crippen LogP contribution >= 0.6 is 0 Å². The first-order valence-corrected chi connectivity index (χ1v) is 6.42. The number of carboxylic acid groups (broad SMARTS) is 1. The summed E-state index contributed by atoms with van der Waals surface area (Å²) in [6.07, 6.45) is 1.16. The van der Waals surface area contributed by atoms with Crippen molar-refractivity contribution in [2.45, 2.75) is 31.7 Å². The highest BCUT2D eigenvalue weighted by molar-refractivity contribution is 5.98. The van der Waals surface area contributed by atoms with Crippen LogP contribution in [0, 0.1) is 11.6 Å². The Balaban J connectivity index is 2.39. The van der Waals surface area contributed by atoms with Gasteiger partial charge in [0, 0.05) is 18.2 Å². The van der Waals surface area contributed by atoms with Crippen LogP contribution < -0.4 is 0 Å². The number of hydrogen-bond donors (Lipinski definition) is 1. The third-order valence-electron chi connectivity index (χ3n) is 3.83. The fraction of sp³-hybridized carbons (Fsp3) is 0.429. The topological polar surface area (TPSA) is 57.6 Å². The Labute approximate surface area is 115 Å². The summed E-state index contributed by atoms with van der Waals surface area (Å²) in [4.78, 5) is 25.1. The molecule has 1 amide bonds. The van der Waals surface area contributed by atoms with Crippen LogP contribution in [0.3, 0.4) is 0 Å². The summed E-state index contributed by atoms with van der Waals surface area (Å²) >= 11 is 0. The Morgan fingerprint density at radius 1 is 1.30 bits per heavy atom. The second-order valence-electron chi connectivity index (χ2n) is 4.91. The van der Waals surface area contributed by atoms with E-state index in [9.17, 15) is 23.5 Å². The van der Waals surface area contributed by atoms with Gasteiger partial charge in [-0.25, -0.2) is 13.6 Å². The number of rotatable bonds is 3. The first kappa shape index (κ1) is 14.4. The number of amides is 1. The van der Waals surface area contributed by atoms with Crippen molar-refractivity contribution in [3.63, 3.8) is 0 Å². The number of carbonyl (C=O) groups is 2. The van der Waals surface area contributed by atoms with Crippen LogP contribution in [0.4, 0.5) is 8.78 Å². The van der Waals surface area contributed by atoms with E-state index >= 15 is 0 Å². The minimum absolute atomic E-state index is 0.163. The van der Waals surface area contributed by atoms with Crippen molar-refractivity contribution in [3.05, 3.63) is 35.4 Å². The molecule has 20 heavy (non-hydrogen) atoms. The molecule has 1 aromatic carbocycles. The van der Waals surface area contributed by atoms with E-state index in [4.69, 9.17) is 0 Å². The molecule has 0 radical (unpaired) electrons. The zero-order valence-corrected chi connectivity index (χ0v) is 11.0. The number of carbonyl (C=O) groups excluding carboxylic acids is 1. The molecule has 1 atom stereocenters. The van der Waals surface area contributed by atoms with E-state index < -0.39 is 29.0 Å². The minimum Gasteiger partial charge on any atom is -0.479 e. The zero-order chi connectivity index (χ0) is 14.9. The Morgan fingerprint density at radius 2 is 1.90 bits per heavy atom. The van der Waals surface area contributed by atoms with E-state index in [1.54, 1.807) is 6.92 Å². The maximum absolute atomic E-state index is 13.2. The Kier molecular flexibility index (Phi) is 3.74. The molecule has 2 rings (SSSR count). The predicted octanol–water partition coefficient (Wildman–Crippen LogP) is 2.43. The molecule has 1 saturated heterocycles. The smallest absolute Gasteiger partial charge is 0.329 e. The summed E-state index contributed by atoms with van der Waals surface area (Å²) in [7, 11) is 0. The van der Waals surface area contributed by atoms with Gasteiger partial charge in [0.15, 0.2) is 0 Å². The molecule has 1 aromatic rings. The minimum atomic E-state index is -1.28. The number of likely N-dealkylation sites (tertiary alicyclic amines) is 1. The molecule has 1 aliphatic rings. The fourth-order valence-corrected chi connectivity index (χ4v) is 2.75. The Morgan fingerprint density at radius 3 is 2.40 bits per heavy atom. The molecule has 6 heteroatoms. The van der Waals surface area contributed by atoms with Gasteiger partial charge in [-0.1, -0.05) is 6.92 Å². The van der Waals surface area contributed by atoms with Crippen molar-refractivity contribution in [2.75, 3.05) is 6.54 Å². The van der Waals surface area contributed by atoms with Gasteiger partial charge >= 0.3 is 5.97 Å². The normalized spacial score (nSPS) is 22.1. The average molecular weight is 283 g/mol. The highest BCUT2D eigenvalue weighted by Gasteiger charge is 2.48.